The van der Waals surface area contributed by atoms with Gasteiger partial charge in [0.05, 0.1) is 18.1 Å². The highest BCUT2D eigenvalue weighted by molar-refractivity contribution is 5.78. The zero-order valence-electron chi connectivity index (χ0n) is 15.0. The fourth-order valence-corrected chi connectivity index (χ4v) is 3.73. The minimum Gasteiger partial charge on any atom is -0.497 e. The molecule has 1 aliphatic rings. The Hall–Kier alpha value is -2.40. The third-order valence-corrected chi connectivity index (χ3v) is 5.22. The topological polar surface area (TPSA) is 39.1 Å². The van der Waals surface area contributed by atoms with E-state index in [0.717, 1.165) is 47.7 Å². The smallest absolute Gasteiger partial charge is 0.123 e. The number of ether oxygens (including phenoxy) is 1. The molecular formula is C21H24FN3O. The van der Waals surface area contributed by atoms with Crippen LogP contribution in [0.2, 0.25) is 0 Å². The largest absolute Gasteiger partial charge is 0.497 e. The van der Waals surface area contributed by atoms with E-state index in [-0.39, 0.29) is 5.82 Å². The summed E-state index contributed by atoms with van der Waals surface area (Å²) in [6.07, 6.45) is 3.34. The third kappa shape index (κ3) is 3.58. The van der Waals surface area contributed by atoms with E-state index in [1.54, 1.807) is 7.11 Å². The van der Waals surface area contributed by atoms with Crippen LogP contribution in [0.1, 0.15) is 24.2 Å². The van der Waals surface area contributed by atoms with Gasteiger partial charge in [0.1, 0.15) is 17.4 Å². The van der Waals surface area contributed by atoms with Crippen LogP contribution in [0.15, 0.2) is 42.5 Å². The molecular weight excluding hydrogens is 329 g/mol. The number of piperidine rings is 1. The summed E-state index contributed by atoms with van der Waals surface area (Å²) in [5.41, 5.74) is 3.12. The standard InChI is InChI=1S/C21H24FN3O/c1-26-18-6-7-19-20(13-18)25(14-16-2-4-17(22)5-3-16)21(24-19)12-15-8-10-23-11-9-15/h2-7,13,15,23H,8-12,14H2,1H3. The molecule has 0 radical (unpaired) electrons. The predicted molar refractivity (Wildman–Crippen MR) is 101 cm³/mol. The van der Waals surface area contributed by atoms with E-state index < -0.39 is 0 Å². The summed E-state index contributed by atoms with van der Waals surface area (Å²) in [6.45, 7) is 2.84. The van der Waals surface area contributed by atoms with Crippen LogP contribution in [0.4, 0.5) is 4.39 Å². The van der Waals surface area contributed by atoms with Crippen molar-refractivity contribution in [1.82, 2.24) is 14.9 Å². The molecule has 2 heterocycles. The van der Waals surface area contributed by atoms with Crippen LogP contribution in [-0.4, -0.2) is 29.8 Å². The van der Waals surface area contributed by atoms with Gasteiger partial charge in [-0.1, -0.05) is 12.1 Å². The van der Waals surface area contributed by atoms with Crippen LogP contribution < -0.4 is 10.1 Å². The summed E-state index contributed by atoms with van der Waals surface area (Å²) in [7, 11) is 1.68. The van der Waals surface area contributed by atoms with Crippen molar-refractivity contribution >= 4 is 11.0 Å². The second kappa shape index (κ2) is 7.46. The number of nitrogens with zero attached hydrogens (tertiary/aromatic N) is 2. The first kappa shape index (κ1) is 17.0. The summed E-state index contributed by atoms with van der Waals surface area (Å²) in [5, 5.41) is 3.42. The fourth-order valence-electron chi connectivity index (χ4n) is 3.73. The summed E-state index contributed by atoms with van der Waals surface area (Å²) >= 11 is 0. The van der Waals surface area contributed by atoms with Crippen molar-refractivity contribution in [2.24, 2.45) is 5.92 Å². The molecule has 0 unspecified atom stereocenters. The van der Waals surface area contributed by atoms with Crippen LogP contribution in [0.3, 0.4) is 0 Å². The number of methoxy groups -OCH3 is 1. The molecule has 5 heteroatoms. The molecule has 0 bridgehead atoms. The molecule has 4 nitrogen and oxygen atoms in total. The molecule has 136 valence electrons. The number of hydrogen-bond acceptors (Lipinski definition) is 3. The Kier molecular flexibility index (Phi) is 4.89. The van der Waals surface area contributed by atoms with Crippen LogP contribution in [-0.2, 0) is 13.0 Å². The second-order valence-corrected chi connectivity index (χ2v) is 6.99. The molecule has 3 aromatic rings. The van der Waals surface area contributed by atoms with Gasteiger partial charge in [-0.3, -0.25) is 0 Å². The SMILES string of the molecule is COc1ccc2nc(CC3CCNCC3)n(Cc3ccc(F)cc3)c2c1. The first-order valence-electron chi connectivity index (χ1n) is 9.21. The highest BCUT2D eigenvalue weighted by Gasteiger charge is 2.19. The van der Waals surface area contributed by atoms with Crippen LogP contribution in [0, 0.1) is 11.7 Å². The summed E-state index contributed by atoms with van der Waals surface area (Å²) < 4.78 is 20.9. The molecule has 1 N–H and O–H groups in total. The van der Waals surface area contributed by atoms with E-state index in [1.807, 2.05) is 30.3 Å². The van der Waals surface area contributed by atoms with Gasteiger partial charge in [0.25, 0.3) is 0 Å². The Bertz CT molecular complexity index is 882. The Balaban J connectivity index is 1.72. The van der Waals surface area contributed by atoms with Crippen molar-refractivity contribution < 1.29 is 9.13 Å². The summed E-state index contributed by atoms with van der Waals surface area (Å²) in [6, 6.07) is 12.7. The van der Waals surface area contributed by atoms with E-state index in [1.165, 1.54) is 25.0 Å². The molecule has 1 saturated heterocycles. The molecule has 0 aliphatic carbocycles. The van der Waals surface area contributed by atoms with Gasteiger partial charge in [-0.05, 0) is 61.7 Å². The van der Waals surface area contributed by atoms with Crippen molar-refractivity contribution in [1.29, 1.82) is 0 Å². The maximum atomic E-state index is 13.3. The number of rotatable bonds is 5. The maximum absolute atomic E-state index is 13.3. The van der Waals surface area contributed by atoms with Crippen molar-refractivity contribution in [2.45, 2.75) is 25.8 Å². The maximum Gasteiger partial charge on any atom is 0.123 e. The number of hydrogen-bond donors (Lipinski definition) is 1. The number of aromatic nitrogens is 2. The third-order valence-electron chi connectivity index (χ3n) is 5.22. The van der Waals surface area contributed by atoms with Gasteiger partial charge in [0.15, 0.2) is 0 Å². The fraction of sp³-hybridized carbons (Fsp3) is 0.381. The van der Waals surface area contributed by atoms with E-state index >= 15 is 0 Å². The highest BCUT2D eigenvalue weighted by atomic mass is 19.1. The molecule has 1 aliphatic heterocycles. The van der Waals surface area contributed by atoms with E-state index in [4.69, 9.17) is 9.72 Å². The van der Waals surface area contributed by atoms with Gasteiger partial charge in [-0.25, -0.2) is 9.37 Å². The highest BCUT2D eigenvalue weighted by Crippen LogP contribution is 2.26. The van der Waals surface area contributed by atoms with Gasteiger partial charge in [-0.2, -0.15) is 0 Å². The van der Waals surface area contributed by atoms with Gasteiger partial charge in [0.2, 0.25) is 0 Å². The molecule has 2 aromatic carbocycles. The number of benzene rings is 2. The normalized spacial score (nSPS) is 15.5. The van der Waals surface area contributed by atoms with Crippen molar-refractivity contribution in [3.63, 3.8) is 0 Å². The first-order valence-corrected chi connectivity index (χ1v) is 9.21. The number of halogens is 1. The van der Waals surface area contributed by atoms with E-state index in [9.17, 15) is 4.39 Å². The van der Waals surface area contributed by atoms with Crippen LogP contribution >= 0.6 is 0 Å². The lowest BCUT2D eigenvalue weighted by Gasteiger charge is -2.22. The van der Waals surface area contributed by atoms with Gasteiger partial charge < -0.3 is 14.6 Å². The molecule has 0 saturated carbocycles. The van der Waals surface area contributed by atoms with Gasteiger partial charge in [-0.15, -0.1) is 0 Å². The Labute approximate surface area is 153 Å². The Morgan fingerprint density at radius 3 is 2.65 bits per heavy atom. The second-order valence-electron chi connectivity index (χ2n) is 6.99. The number of fused-ring (bicyclic) bond motifs is 1. The molecule has 0 amide bonds. The molecule has 0 spiro atoms. The minimum atomic E-state index is -0.208. The zero-order chi connectivity index (χ0) is 17.9. The van der Waals surface area contributed by atoms with Crippen molar-refractivity contribution in [3.8, 4) is 5.75 Å². The average Bonchev–Trinajstić information content (AvgIpc) is 3.00. The summed E-state index contributed by atoms with van der Waals surface area (Å²) in [5.74, 6) is 2.37. The van der Waals surface area contributed by atoms with E-state index in [0.29, 0.717) is 12.5 Å². The lowest BCUT2D eigenvalue weighted by Crippen LogP contribution is -2.29. The lowest BCUT2D eigenvalue weighted by atomic mass is 9.94. The predicted octanol–water partition coefficient (Wildman–Crippen LogP) is 3.77. The quantitative estimate of drug-likeness (QED) is 0.759. The van der Waals surface area contributed by atoms with Crippen molar-refractivity contribution in [2.75, 3.05) is 20.2 Å². The average molecular weight is 353 g/mol. The Morgan fingerprint density at radius 1 is 1.15 bits per heavy atom. The van der Waals surface area contributed by atoms with Crippen LogP contribution in [0.25, 0.3) is 11.0 Å². The monoisotopic (exact) mass is 353 g/mol. The van der Waals surface area contributed by atoms with Crippen LogP contribution in [0.5, 0.6) is 5.75 Å². The Morgan fingerprint density at radius 2 is 1.92 bits per heavy atom. The molecule has 1 aromatic heterocycles. The molecule has 0 atom stereocenters. The van der Waals surface area contributed by atoms with Crippen molar-refractivity contribution in [3.05, 3.63) is 59.7 Å². The molecule has 26 heavy (non-hydrogen) atoms. The van der Waals surface area contributed by atoms with Gasteiger partial charge >= 0.3 is 0 Å². The molecule has 4 rings (SSSR count). The summed E-state index contributed by atoms with van der Waals surface area (Å²) in [4.78, 5) is 4.91. The minimum absolute atomic E-state index is 0.208. The molecule has 1 fully saturated rings. The number of nitrogens with one attached hydrogen (secondary N) is 1. The number of imidazole rings is 1. The first-order chi connectivity index (χ1) is 12.7. The zero-order valence-corrected chi connectivity index (χ0v) is 15.0. The lowest BCUT2D eigenvalue weighted by molar-refractivity contribution is 0.364. The van der Waals surface area contributed by atoms with E-state index in [2.05, 4.69) is 9.88 Å². The van der Waals surface area contributed by atoms with Gasteiger partial charge in [0, 0.05) is 19.0 Å².